The topological polar surface area (TPSA) is 55.5 Å². The molecule has 0 amide bonds. The van der Waals surface area contributed by atoms with E-state index in [2.05, 4.69) is 5.16 Å². The molecule has 0 radical (unpaired) electrons. The maximum Gasteiger partial charge on any atom is 0.124 e. The van der Waals surface area contributed by atoms with Crippen LogP contribution in [0.5, 0.6) is 0 Å². The second kappa shape index (κ2) is 6.62. The van der Waals surface area contributed by atoms with Crippen LogP contribution in [0.1, 0.15) is 18.5 Å². The van der Waals surface area contributed by atoms with Gasteiger partial charge in [-0.1, -0.05) is 5.16 Å². The molecule has 0 aliphatic carbocycles. The molecule has 0 saturated carbocycles. The summed E-state index contributed by atoms with van der Waals surface area (Å²) in [5.74, 6) is 0. The molecular formula is C9H15NO3. The van der Waals surface area contributed by atoms with Gasteiger partial charge in [-0.3, -0.25) is 0 Å². The highest BCUT2D eigenvalue weighted by atomic mass is 16.5. The molecule has 1 N–H and O–H groups in total. The summed E-state index contributed by atoms with van der Waals surface area (Å²) in [7, 11) is 0. The van der Waals surface area contributed by atoms with Crippen molar-refractivity contribution in [3.8, 4) is 0 Å². The number of aliphatic hydroxyl groups excluding tert-OH is 1. The zero-order valence-electron chi connectivity index (χ0n) is 7.61. The van der Waals surface area contributed by atoms with Gasteiger partial charge in [-0.15, -0.1) is 0 Å². The Hall–Kier alpha value is -0.870. The highest BCUT2D eigenvalue weighted by Gasteiger charge is 1.95. The number of nitrogens with zero attached hydrogens (tertiary/aromatic N) is 1. The van der Waals surface area contributed by atoms with Crippen molar-refractivity contribution in [2.45, 2.75) is 19.3 Å². The van der Waals surface area contributed by atoms with E-state index in [1.807, 2.05) is 6.07 Å². The van der Waals surface area contributed by atoms with Gasteiger partial charge in [0.1, 0.15) is 6.26 Å². The molecule has 0 aromatic carbocycles. The molecule has 0 spiro atoms. The summed E-state index contributed by atoms with van der Waals surface area (Å²) >= 11 is 0. The Kier molecular flexibility index (Phi) is 5.20. The number of aliphatic hydroxyl groups is 1. The van der Waals surface area contributed by atoms with E-state index in [1.54, 1.807) is 6.26 Å². The zero-order valence-corrected chi connectivity index (χ0v) is 7.61. The van der Waals surface area contributed by atoms with Crippen LogP contribution in [0.4, 0.5) is 0 Å². The molecule has 0 bridgehead atoms. The number of rotatable bonds is 7. The van der Waals surface area contributed by atoms with Crippen molar-refractivity contribution < 1.29 is 14.4 Å². The standard InChI is InChI=1S/C9H15NO3/c11-5-8-12-6-2-1-3-9-4-7-13-10-9/h4,7,11H,1-3,5-6,8H2. The van der Waals surface area contributed by atoms with Crippen LogP contribution in [-0.4, -0.2) is 30.1 Å². The van der Waals surface area contributed by atoms with Crippen molar-refractivity contribution in [3.05, 3.63) is 18.0 Å². The van der Waals surface area contributed by atoms with Crippen LogP contribution in [-0.2, 0) is 11.2 Å². The average Bonchev–Trinajstić information content (AvgIpc) is 2.63. The van der Waals surface area contributed by atoms with Crippen LogP contribution in [0.15, 0.2) is 16.9 Å². The number of hydrogen-bond acceptors (Lipinski definition) is 4. The minimum atomic E-state index is 0.100. The maximum atomic E-state index is 8.43. The van der Waals surface area contributed by atoms with Crippen LogP contribution < -0.4 is 0 Å². The van der Waals surface area contributed by atoms with Crippen molar-refractivity contribution in [1.29, 1.82) is 0 Å². The van der Waals surface area contributed by atoms with Crippen LogP contribution >= 0.6 is 0 Å². The molecule has 0 atom stereocenters. The minimum Gasteiger partial charge on any atom is -0.394 e. The van der Waals surface area contributed by atoms with Crippen LogP contribution in [0.2, 0.25) is 0 Å². The Morgan fingerprint density at radius 1 is 1.38 bits per heavy atom. The molecule has 13 heavy (non-hydrogen) atoms. The normalized spacial score (nSPS) is 10.5. The van der Waals surface area contributed by atoms with Crippen molar-refractivity contribution in [2.75, 3.05) is 19.8 Å². The Morgan fingerprint density at radius 2 is 2.31 bits per heavy atom. The SMILES string of the molecule is OCCOCCCCc1ccon1. The Morgan fingerprint density at radius 3 is 3.00 bits per heavy atom. The Labute approximate surface area is 77.5 Å². The summed E-state index contributed by atoms with van der Waals surface area (Å²) in [6.07, 6.45) is 4.54. The monoisotopic (exact) mass is 185 g/mol. The van der Waals surface area contributed by atoms with E-state index in [0.29, 0.717) is 13.2 Å². The van der Waals surface area contributed by atoms with E-state index >= 15 is 0 Å². The molecule has 0 aliphatic rings. The van der Waals surface area contributed by atoms with E-state index in [4.69, 9.17) is 14.4 Å². The lowest BCUT2D eigenvalue weighted by atomic mass is 10.2. The molecule has 1 rings (SSSR count). The van der Waals surface area contributed by atoms with Crippen molar-refractivity contribution in [2.24, 2.45) is 0 Å². The van der Waals surface area contributed by atoms with Crippen molar-refractivity contribution in [1.82, 2.24) is 5.16 Å². The van der Waals surface area contributed by atoms with Crippen LogP contribution in [0.3, 0.4) is 0 Å². The highest BCUT2D eigenvalue weighted by molar-refractivity contribution is 4.94. The van der Waals surface area contributed by atoms with Gasteiger partial charge in [0, 0.05) is 12.7 Å². The zero-order chi connectivity index (χ0) is 9.36. The van der Waals surface area contributed by atoms with Crippen LogP contribution in [0, 0.1) is 0 Å². The lowest BCUT2D eigenvalue weighted by Crippen LogP contribution is -2.01. The lowest BCUT2D eigenvalue weighted by Gasteiger charge is -2.00. The van der Waals surface area contributed by atoms with E-state index in [9.17, 15) is 0 Å². The van der Waals surface area contributed by atoms with Gasteiger partial charge in [-0.2, -0.15) is 0 Å². The van der Waals surface area contributed by atoms with Gasteiger partial charge in [0.15, 0.2) is 0 Å². The summed E-state index contributed by atoms with van der Waals surface area (Å²) in [6, 6.07) is 1.87. The molecule has 74 valence electrons. The number of hydrogen-bond donors (Lipinski definition) is 1. The predicted molar refractivity (Wildman–Crippen MR) is 47.3 cm³/mol. The third-order valence-electron chi connectivity index (χ3n) is 1.70. The summed E-state index contributed by atoms with van der Waals surface area (Å²) in [6.45, 7) is 1.24. The second-order valence-corrected chi connectivity index (χ2v) is 2.78. The van der Waals surface area contributed by atoms with Gasteiger partial charge in [-0.05, 0) is 19.3 Å². The van der Waals surface area contributed by atoms with Crippen molar-refractivity contribution in [3.63, 3.8) is 0 Å². The predicted octanol–water partition coefficient (Wildman–Crippen LogP) is 1.01. The van der Waals surface area contributed by atoms with Crippen LogP contribution in [0.25, 0.3) is 0 Å². The van der Waals surface area contributed by atoms with E-state index < -0.39 is 0 Å². The smallest absolute Gasteiger partial charge is 0.124 e. The lowest BCUT2D eigenvalue weighted by molar-refractivity contribution is 0.0898. The fourth-order valence-corrected chi connectivity index (χ4v) is 1.04. The second-order valence-electron chi connectivity index (χ2n) is 2.78. The molecular weight excluding hydrogens is 170 g/mol. The van der Waals surface area contributed by atoms with Gasteiger partial charge in [0.25, 0.3) is 0 Å². The molecule has 1 heterocycles. The van der Waals surface area contributed by atoms with Crippen molar-refractivity contribution >= 4 is 0 Å². The van der Waals surface area contributed by atoms with E-state index in [1.165, 1.54) is 0 Å². The number of aryl methyl sites for hydroxylation is 1. The van der Waals surface area contributed by atoms with E-state index in [0.717, 1.165) is 25.0 Å². The Balaban J connectivity index is 1.90. The highest BCUT2D eigenvalue weighted by Crippen LogP contribution is 2.01. The van der Waals surface area contributed by atoms with Gasteiger partial charge in [0.05, 0.1) is 18.9 Å². The van der Waals surface area contributed by atoms with Gasteiger partial charge in [0.2, 0.25) is 0 Å². The third-order valence-corrected chi connectivity index (χ3v) is 1.70. The third kappa shape index (κ3) is 4.65. The first-order chi connectivity index (χ1) is 6.43. The quantitative estimate of drug-likeness (QED) is 0.644. The van der Waals surface area contributed by atoms with Gasteiger partial charge < -0.3 is 14.4 Å². The average molecular weight is 185 g/mol. The first-order valence-electron chi connectivity index (χ1n) is 4.51. The fourth-order valence-electron chi connectivity index (χ4n) is 1.04. The number of aromatic nitrogens is 1. The minimum absolute atomic E-state index is 0.100. The molecule has 4 nitrogen and oxygen atoms in total. The largest absolute Gasteiger partial charge is 0.394 e. The molecule has 0 saturated heterocycles. The first kappa shape index (κ1) is 10.2. The first-order valence-corrected chi connectivity index (χ1v) is 4.51. The molecule has 1 aromatic rings. The number of unbranched alkanes of at least 4 members (excludes halogenated alkanes) is 1. The summed E-state index contributed by atoms with van der Waals surface area (Å²) in [4.78, 5) is 0. The summed E-state index contributed by atoms with van der Waals surface area (Å²) < 4.78 is 9.80. The van der Waals surface area contributed by atoms with Gasteiger partial charge >= 0.3 is 0 Å². The fraction of sp³-hybridized carbons (Fsp3) is 0.667. The molecule has 0 fully saturated rings. The van der Waals surface area contributed by atoms with Gasteiger partial charge in [-0.25, -0.2) is 0 Å². The van der Waals surface area contributed by atoms with E-state index in [-0.39, 0.29) is 6.61 Å². The summed E-state index contributed by atoms with van der Waals surface area (Å²) in [5.41, 5.74) is 0.988. The molecule has 0 unspecified atom stereocenters. The summed E-state index contributed by atoms with van der Waals surface area (Å²) in [5, 5.41) is 12.2. The molecule has 4 heteroatoms. The number of ether oxygens (including phenoxy) is 1. The molecule has 0 aliphatic heterocycles. The molecule has 1 aromatic heterocycles. The maximum absolute atomic E-state index is 8.43. The Bertz CT molecular complexity index is 199.